The molecule has 1 aliphatic rings. The minimum absolute atomic E-state index is 0.196. The van der Waals surface area contributed by atoms with Gasteiger partial charge in [-0.15, -0.1) is 0 Å². The number of benzene rings is 1. The van der Waals surface area contributed by atoms with Gasteiger partial charge >= 0.3 is 0 Å². The molecule has 0 aliphatic heterocycles. The lowest BCUT2D eigenvalue weighted by Gasteiger charge is -2.14. The van der Waals surface area contributed by atoms with Crippen molar-refractivity contribution in [2.24, 2.45) is 5.73 Å². The molecule has 1 aromatic heterocycles. The molecule has 1 aromatic carbocycles. The first-order chi connectivity index (χ1) is 8.70. The maximum absolute atomic E-state index is 12.8. The third kappa shape index (κ3) is 2.29. The second kappa shape index (κ2) is 4.53. The number of aromatic nitrogens is 1. The Hall–Kier alpha value is -1.68. The first-order valence-electron chi connectivity index (χ1n) is 6.18. The van der Waals surface area contributed by atoms with E-state index in [0.717, 1.165) is 36.3 Å². The summed E-state index contributed by atoms with van der Waals surface area (Å²) in [6.45, 7) is 0. The van der Waals surface area contributed by atoms with Crippen molar-refractivity contribution >= 4 is 0 Å². The van der Waals surface area contributed by atoms with Gasteiger partial charge in [0.05, 0.1) is 5.69 Å². The van der Waals surface area contributed by atoms with E-state index in [0.29, 0.717) is 12.3 Å². The van der Waals surface area contributed by atoms with Gasteiger partial charge in [0.25, 0.3) is 0 Å². The molecule has 3 rings (SSSR count). The van der Waals surface area contributed by atoms with E-state index in [-0.39, 0.29) is 11.9 Å². The Morgan fingerprint density at radius 2 is 2.11 bits per heavy atom. The number of aryl methyl sites for hydroxylation is 1. The van der Waals surface area contributed by atoms with Crippen LogP contribution in [0, 0.1) is 5.82 Å². The summed E-state index contributed by atoms with van der Waals surface area (Å²) in [5.41, 5.74) is 7.90. The summed E-state index contributed by atoms with van der Waals surface area (Å²) in [7, 11) is 0. The average molecular weight is 246 g/mol. The molecule has 2 N–H and O–H groups in total. The lowest BCUT2D eigenvalue weighted by Crippen LogP contribution is -2.27. The molecule has 0 saturated carbocycles. The summed E-state index contributed by atoms with van der Waals surface area (Å²) in [4.78, 5) is 4.48. The Kier molecular flexibility index (Phi) is 2.88. The van der Waals surface area contributed by atoms with E-state index in [1.807, 2.05) is 0 Å². The zero-order chi connectivity index (χ0) is 12.5. The van der Waals surface area contributed by atoms with Gasteiger partial charge in [-0.25, -0.2) is 9.37 Å². The summed E-state index contributed by atoms with van der Waals surface area (Å²) < 4.78 is 18.5. The Morgan fingerprint density at radius 3 is 2.89 bits per heavy atom. The molecular weight excluding hydrogens is 231 g/mol. The molecule has 2 aromatic rings. The highest BCUT2D eigenvalue weighted by molar-refractivity contribution is 5.22. The quantitative estimate of drug-likeness (QED) is 0.884. The van der Waals surface area contributed by atoms with Crippen molar-refractivity contribution < 1.29 is 8.81 Å². The van der Waals surface area contributed by atoms with Crippen LogP contribution >= 0.6 is 0 Å². The normalized spacial score (nSPS) is 18.7. The van der Waals surface area contributed by atoms with Gasteiger partial charge in [-0.05, 0) is 24.1 Å². The van der Waals surface area contributed by atoms with Crippen LogP contribution in [0.5, 0.6) is 0 Å². The lowest BCUT2D eigenvalue weighted by atomic mass is 9.98. The maximum atomic E-state index is 12.8. The highest BCUT2D eigenvalue weighted by atomic mass is 19.1. The highest BCUT2D eigenvalue weighted by Gasteiger charge is 2.21. The molecule has 0 spiro atoms. The van der Waals surface area contributed by atoms with Crippen LogP contribution in [0.1, 0.15) is 29.3 Å². The van der Waals surface area contributed by atoms with Crippen LogP contribution in [0.4, 0.5) is 4.39 Å². The largest absolute Gasteiger partial charge is 0.445 e. The van der Waals surface area contributed by atoms with Crippen LogP contribution in [0.3, 0.4) is 0 Å². The minimum Gasteiger partial charge on any atom is -0.445 e. The SMILES string of the molecule is NC1CCc2oc(Cc3ccc(F)cc3)nc2C1. The third-order valence-electron chi connectivity index (χ3n) is 3.29. The molecule has 0 bridgehead atoms. The van der Waals surface area contributed by atoms with Crippen LogP contribution in [0.25, 0.3) is 0 Å². The molecular formula is C14H15FN2O. The second-order valence-electron chi connectivity index (χ2n) is 4.78. The number of rotatable bonds is 2. The van der Waals surface area contributed by atoms with Crippen molar-refractivity contribution in [3.8, 4) is 0 Å². The third-order valence-corrected chi connectivity index (χ3v) is 3.29. The molecule has 0 fully saturated rings. The number of halogens is 1. The molecule has 0 amide bonds. The fraction of sp³-hybridized carbons (Fsp3) is 0.357. The zero-order valence-electron chi connectivity index (χ0n) is 10.0. The molecule has 18 heavy (non-hydrogen) atoms. The van der Waals surface area contributed by atoms with E-state index in [4.69, 9.17) is 10.2 Å². The number of nitrogens with two attached hydrogens (primary N) is 1. The van der Waals surface area contributed by atoms with Crippen molar-refractivity contribution in [1.82, 2.24) is 4.98 Å². The van der Waals surface area contributed by atoms with Crippen molar-refractivity contribution in [2.45, 2.75) is 31.7 Å². The summed E-state index contributed by atoms with van der Waals surface area (Å²) in [5, 5.41) is 0. The maximum Gasteiger partial charge on any atom is 0.199 e. The Balaban J connectivity index is 1.79. The van der Waals surface area contributed by atoms with E-state index >= 15 is 0 Å². The Bertz CT molecular complexity index is 547. The number of nitrogens with zero attached hydrogens (tertiary/aromatic N) is 1. The predicted molar refractivity (Wildman–Crippen MR) is 65.7 cm³/mol. The van der Waals surface area contributed by atoms with Gasteiger partial charge in [0, 0.05) is 25.3 Å². The van der Waals surface area contributed by atoms with Crippen molar-refractivity contribution in [2.75, 3.05) is 0 Å². The highest BCUT2D eigenvalue weighted by Crippen LogP contribution is 2.22. The standard InChI is InChI=1S/C14H15FN2O/c15-10-3-1-9(2-4-10)7-14-17-12-8-11(16)5-6-13(12)18-14/h1-4,11H,5-8,16H2. The smallest absolute Gasteiger partial charge is 0.199 e. The van der Waals surface area contributed by atoms with Crippen molar-refractivity contribution in [1.29, 1.82) is 0 Å². The molecule has 1 heterocycles. The molecule has 3 nitrogen and oxygen atoms in total. The van der Waals surface area contributed by atoms with E-state index in [9.17, 15) is 4.39 Å². The van der Waals surface area contributed by atoms with E-state index in [2.05, 4.69) is 4.98 Å². The molecule has 0 radical (unpaired) electrons. The number of hydrogen-bond donors (Lipinski definition) is 1. The fourth-order valence-electron chi connectivity index (χ4n) is 2.31. The summed E-state index contributed by atoms with van der Waals surface area (Å²) >= 11 is 0. The van der Waals surface area contributed by atoms with Gasteiger partial charge in [-0.2, -0.15) is 0 Å². The monoisotopic (exact) mass is 246 g/mol. The number of hydrogen-bond acceptors (Lipinski definition) is 3. The van der Waals surface area contributed by atoms with Crippen LogP contribution in [-0.2, 0) is 19.3 Å². The summed E-state index contributed by atoms with van der Waals surface area (Å²) in [6.07, 6.45) is 3.22. The first kappa shape index (κ1) is 11.4. The van der Waals surface area contributed by atoms with E-state index in [1.54, 1.807) is 12.1 Å². The Morgan fingerprint density at radius 1 is 1.33 bits per heavy atom. The minimum atomic E-state index is -0.226. The van der Waals surface area contributed by atoms with Gasteiger partial charge in [0.15, 0.2) is 5.89 Å². The fourth-order valence-corrected chi connectivity index (χ4v) is 2.31. The molecule has 0 saturated heterocycles. The summed E-state index contributed by atoms with van der Waals surface area (Å²) in [6, 6.07) is 6.61. The number of oxazole rings is 1. The molecule has 4 heteroatoms. The van der Waals surface area contributed by atoms with E-state index < -0.39 is 0 Å². The van der Waals surface area contributed by atoms with Crippen molar-refractivity contribution in [3.05, 3.63) is 53.0 Å². The van der Waals surface area contributed by atoms with E-state index in [1.165, 1.54) is 12.1 Å². The van der Waals surface area contributed by atoms with Gasteiger partial charge in [-0.3, -0.25) is 0 Å². The Labute approximate surface area is 105 Å². The number of fused-ring (bicyclic) bond motifs is 1. The first-order valence-corrected chi connectivity index (χ1v) is 6.18. The predicted octanol–water partition coefficient (Wildman–Crippen LogP) is 2.22. The van der Waals surface area contributed by atoms with Crippen molar-refractivity contribution in [3.63, 3.8) is 0 Å². The molecule has 94 valence electrons. The topological polar surface area (TPSA) is 52.0 Å². The average Bonchev–Trinajstić information content (AvgIpc) is 2.73. The molecule has 1 aliphatic carbocycles. The lowest BCUT2D eigenvalue weighted by molar-refractivity contribution is 0.433. The molecule has 1 atom stereocenters. The van der Waals surface area contributed by atoms with Crippen LogP contribution < -0.4 is 5.73 Å². The summed E-state index contributed by atoms with van der Waals surface area (Å²) in [5.74, 6) is 1.44. The van der Waals surface area contributed by atoms with Crippen LogP contribution in [0.2, 0.25) is 0 Å². The van der Waals surface area contributed by atoms with Gasteiger partial charge in [0.2, 0.25) is 0 Å². The molecule has 1 unspecified atom stereocenters. The van der Waals surface area contributed by atoms with Gasteiger partial charge < -0.3 is 10.2 Å². The second-order valence-corrected chi connectivity index (χ2v) is 4.78. The zero-order valence-corrected chi connectivity index (χ0v) is 10.0. The van der Waals surface area contributed by atoms with Gasteiger partial charge in [0.1, 0.15) is 11.6 Å². The van der Waals surface area contributed by atoms with Crippen LogP contribution in [-0.4, -0.2) is 11.0 Å². The van der Waals surface area contributed by atoms with Crippen LogP contribution in [0.15, 0.2) is 28.7 Å². The van der Waals surface area contributed by atoms with Gasteiger partial charge in [-0.1, -0.05) is 12.1 Å².